The molecule has 3 N–H and O–H groups in total. The third-order valence-electron chi connectivity index (χ3n) is 10.7. The van der Waals surface area contributed by atoms with Crippen LogP contribution in [0.1, 0.15) is 78.6 Å². The van der Waals surface area contributed by atoms with E-state index in [9.17, 15) is 24.9 Å². The van der Waals surface area contributed by atoms with Crippen LogP contribution >= 0.6 is 0 Å². The van der Waals surface area contributed by atoms with Crippen LogP contribution in [0.5, 0.6) is 0 Å². The van der Waals surface area contributed by atoms with Gasteiger partial charge in [0.1, 0.15) is 19.4 Å². The molecular weight excluding hydrogens is 424 g/mol. The minimum atomic E-state index is -0.761. The zero-order valence-electron chi connectivity index (χ0n) is 20.4. The Morgan fingerprint density at radius 1 is 1.12 bits per heavy atom. The van der Waals surface area contributed by atoms with E-state index in [1.165, 1.54) is 0 Å². The number of ether oxygens (including phenoxy) is 2. The summed E-state index contributed by atoms with van der Waals surface area (Å²) in [5, 5.41) is 28.8. The third kappa shape index (κ3) is 4.17. The molecule has 4 fully saturated rings. The Morgan fingerprint density at radius 2 is 1.85 bits per heavy atom. The lowest BCUT2D eigenvalue weighted by Gasteiger charge is -2.64. The average molecular weight is 467 g/mol. The summed E-state index contributed by atoms with van der Waals surface area (Å²) in [5.41, 5.74) is -0.161. The van der Waals surface area contributed by atoms with Gasteiger partial charge in [-0.05, 0) is 79.4 Å². The molecule has 0 amide bonds. The number of aliphatic hydroxyl groups is 2. The number of ketones is 1. The molecule has 0 aromatic rings. The molecule has 10 atom stereocenters. The van der Waals surface area contributed by atoms with Crippen LogP contribution in [0.25, 0.3) is 0 Å². The van der Waals surface area contributed by atoms with Gasteiger partial charge in [0.25, 0.3) is 0 Å². The fraction of sp³-hybridized carbons (Fsp3) is 0.923. The molecule has 4 saturated carbocycles. The van der Waals surface area contributed by atoms with Crippen molar-refractivity contribution in [3.63, 3.8) is 0 Å². The smallest absolute Gasteiger partial charge is 0.303 e. The van der Waals surface area contributed by atoms with Crippen LogP contribution in [0.2, 0.25) is 0 Å². The summed E-state index contributed by atoms with van der Waals surface area (Å²) in [6, 6.07) is 0. The first kappa shape index (κ1) is 25.1. The average Bonchev–Trinajstić information content (AvgIpc) is 3.12. The van der Waals surface area contributed by atoms with Crippen LogP contribution < -0.4 is 0 Å². The number of aliphatic carboxylic acids is 1. The first-order chi connectivity index (χ1) is 15.7. The van der Waals surface area contributed by atoms with Gasteiger partial charge in [-0.3, -0.25) is 9.59 Å². The lowest BCUT2D eigenvalue weighted by atomic mass is 9.43. The standard InChI is InChI=1S/C26H42O7/c1-15(4-7-23(30)31)18-5-6-19-24-20(12-22(33-14-28)26(18,19)3)25(2)9-8-17(29)10-16(25)11-21(24)32-13-27/h15-16,18-22,24,27-28H,4-14H2,1-3H3,(H,30,31)/t15-,16+,18?,19+,20+,21-,22+,24+,25+,26-/m1/s1. The number of fused-ring (bicyclic) bond motifs is 5. The number of carboxylic acid groups (broad SMARTS) is 1. The molecule has 0 aliphatic heterocycles. The fourth-order valence-corrected chi connectivity index (χ4v) is 9.05. The molecule has 7 heteroatoms. The Labute approximate surface area is 197 Å². The van der Waals surface area contributed by atoms with Crippen LogP contribution in [-0.2, 0) is 19.1 Å². The highest BCUT2D eigenvalue weighted by molar-refractivity contribution is 5.79. The van der Waals surface area contributed by atoms with Crippen molar-refractivity contribution in [3.05, 3.63) is 0 Å². The van der Waals surface area contributed by atoms with E-state index in [0.29, 0.717) is 42.8 Å². The number of aliphatic hydroxyl groups excluding tert-OH is 2. The second-order valence-electron chi connectivity index (χ2n) is 11.8. The highest BCUT2D eigenvalue weighted by Crippen LogP contribution is 2.69. The number of hydrogen-bond acceptors (Lipinski definition) is 6. The van der Waals surface area contributed by atoms with E-state index >= 15 is 0 Å². The molecule has 0 saturated heterocycles. The molecule has 0 radical (unpaired) electrons. The van der Waals surface area contributed by atoms with Crippen LogP contribution in [0, 0.1) is 46.3 Å². The van der Waals surface area contributed by atoms with Crippen molar-refractivity contribution in [2.75, 3.05) is 13.6 Å². The van der Waals surface area contributed by atoms with Gasteiger partial charge >= 0.3 is 5.97 Å². The Kier molecular flexibility index (Phi) is 7.26. The van der Waals surface area contributed by atoms with Crippen molar-refractivity contribution in [1.29, 1.82) is 0 Å². The van der Waals surface area contributed by atoms with Crippen molar-refractivity contribution in [2.45, 2.75) is 90.8 Å². The SMILES string of the molecule is C[C@H](CCC(=O)O)C1CC[C@H]2[C@@H]3[C@H](OCO)C[C@@H]4CC(=O)CC[C@]4(C)[C@H]3C[C@H](OCO)[C@]12C. The van der Waals surface area contributed by atoms with Gasteiger partial charge in [-0.15, -0.1) is 0 Å². The van der Waals surface area contributed by atoms with Crippen LogP contribution in [-0.4, -0.2) is 52.9 Å². The number of carbonyl (C=O) groups excluding carboxylic acids is 1. The normalized spacial score (nSPS) is 45.7. The molecule has 0 aromatic heterocycles. The second kappa shape index (κ2) is 9.56. The highest BCUT2D eigenvalue weighted by Gasteiger charge is 2.66. The first-order valence-corrected chi connectivity index (χ1v) is 12.8. The van der Waals surface area contributed by atoms with E-state index in [1.807, 2.05) is 0 Å². The summed E-state index contributed by atoms with van der Waals surface area (Å²) in [5.74, 6) is 1.27. The monoisotopic (exact) mass is 466 g/mol. The van der Waals surface area contributed by atoms with Gasteiger partial charge in [0.15, 0.2) is 0 Å². The summed E-state index contributed by atoms with van der Waals surface area (Å²) in [6.07, 6.45) is 6.37. The van der Waals surface area contributed by atoms with E-state index in [-0.39, 0.29) is 60.8 Å². The Morgan fingerprint density at radius 3 is 2.52 bits per heavy atom. The van der Waals surface area contributed by atoms with Crippen molar-refractivity contribution >= 4 is 11.8 Å². The second-order valence-corrected chi connectivity index (χ2v) is 11.8. The Balaban J connectivity index is 1.70. The molecule has 4 aliphatic carbocycles. The molecule has 1 unspecified atom stereocenters. The molecular formula is C26H42O7. The van der Waals surface area contributed by atoms with Gasteiger partial charge in [-0.25, -0.2) is 0 Å². The lowest BCUT2D eigenvalue weighted by molar-refractivity contribution is -0.239. The largest absolute Gasteiger partial charge is 0.481 e. The van der Waals surface area contributed by atoms with E-state index < -0.39 is 5.97 Å². The zero-order chi connectivity index (χ0) is 24.0. The van der Waals surface area contributed by atoms with Crippen LogP contribution in [0.4, 0.5) is 0 Å². The minimum absolute atomic E-state index is 0.0271. The number of hydrogen-bond donors (Lipinski definition) is 3. The van der Waals surface area contributed by atoms with Crippen molar-refractivity contribution < 1.29 is 34.4 Å². The van der Waals surface area contributed by atoms with Crippen molar-refractivity contribution in [2.24, 2.45) is 46.3 Å². The maximum atomic E-state index is 12.3. The quantitative estimate of drug-likeness (QED) is 0.468. The third-order valence-corrected chi connectivity index (χ3v) is 10.7. The van der Waals surface area contributed by atoms with Gasteiger partial charge in [-0.2, -0.15) is 0 Å². The highest BCUT2D eigenvalue weighted by atomic mass is 16.6. The van der Waals surface area contributed by atoms with E-state index in [2.05, 4.69) is 20.8 Å². The molecule has 7 nitrogen and oxygen atoms in total. The first-order valence-electron chi connectivity index (χ1n) is 12.8. The van der Waals surface area contributed by atoms with Gasteiger partial charge in [0, 0.05) is 24.7 Å². The van der Waals surface area contributed by atoms with Crippen LogP contribution in [0.15, 0.2) is 0 Å². The predicted molar refractivity (Wildman–Crippen MR) is 121 cm³/mol. The van der Waals surface area contributed by atoms with E-state index in [0.717, 1.165) is 32.1 Å². The van der Waals surface area contributed by atoms with Gasteiger partial charge in [-0.1, -0.05) is 20.8 Å². The topological polar surface area (TPSA) is 113 Å². The molecule has 0 aromatic carbocycles. The number of rotatable bonds is 8. The van der Waals surface area contributed by atoms with Crippen molar-refractivity contribution in [3.8, 4) is 0 Å². The molecule has 33 heavy (non-hydrogen) atoms. The fourth-order valence-electron chi connectivity index (χ4n) is 9.05. The summed E-state index contributed by atoms with van der Waals surface area (Å²) >= 11 is 0. The predicted octanol–water partition coefficient (Wildman–Crippen LogP) is 3.61. The van der Waals surface area contributed by atoms with Gasteiger partial charge in [0.05, 0.1) is 12.2 Å². The molecule has 0 bridgehead atoms. The Hall–Kier alpha value is -1.02. The summed E-state index contributed by atoms with van der Waals surface area (Å²) in [7, 11) is 0. The molecule has 4 aliphatic rings. The summed E-state index contributed by atoms with van der Waals surface area (Å²) in [6.45, 7) is 6.16. The van der Waals surface area contributed by atoms with Gasteiger partial charge in [0.2, 0.25) is 0 Å². The number of carboxylic acids is 1. The summed E-state index contributed by atoms with van der Waals surface area (Å²) < 4.78 is 12.1. The molecule has 4 rings (SSSR count). The minimum Gasteiger partial charge on any atom is -0.481 e. The number of Topliss-reactive ketones (excluding diaryl/α,β-unsaturated/α-hetero) is 1. The van der Waals surface area contributed by atoms with Crippen molar-refractivity contribution in [1.82, 2.24) is 0 Å². The van der Waals surface area contributed by atoms with Gasteiger partial charge < -0.3 is 24.8 Å². The Bertz CT molecular complexity index is 740. The molecule has 188 valence electrons. The molecule has 0 heterocycles. The number of carbonyl (C=O) groups is 2. The zero-order valence-corrected chi connectivity index (χ0v) is 20.4. The van der Waals surface area contributed by atoms with E-state index in [1.54, 1.807) is 0 Å². The van der Waals surface area contributed by atoms with E-state index in [4.69, 9.17) is 9.47 Å². The maximum Gasteiger partial charge on any atom is 0.303 e. The summed E-state index contributed by atoms with van der Waals surface area (Å²) in [4.78, 5) is 23.5. The van der Waals surface area contributed by atoms with Crippen LogP contribution in [0.3, 0.4) is 0 Å². The lowest BCUT2D eigenvalue weighted by Crippen LogP contribution is -2.63. The molecule has 0 spiro atoms. The maximum absolute atomic E-state index is 12.3.